The minimum Gasteiger partial charge on any atom is -0.388 e. The van der Waals surface area contributed by atoms with Crippen LogP contribution in [0.2, 0.25) is 0 Å². The molecule has 18 heavy (non-hydrogen) atoms. The summed E-state index contributed by atoms with van der Waals surface area (Å²) in [5.41, 5.74) is 1.87. The van der Waals surface area contributed by atoms with Crippen molar-refractivity contribution in [1.29, 1.82) is 0 Å². The number of aromatic nitrogens is 2. The third-order valence-corrected chi connectivity index (χ3v) is 4.11. The van der Waals surface area contributed by atoms with E-state index < -0.39 is 4.92 Å². The summed E-state index contributed by atoms with van der Waals surface area (Å²) in [6.07, 6.45) is 1.50. The second-order valence-corrected chi connectivity index (χ2v) is 5.35. The van der Waals surface area contributed by atoms with Gasteiger partial charge in [-0.2, -0.15) is 4.37 Å². The van der Waals surface area contributed by atoms with Crippen LogP contribution >= 0.6 is 23.3 Å². The van der Waals surface area contributed by atoms with Crippen LogP contribution in [0.15, 0.2) is 28.9 Å². The third kappa shape index (κ3) is 2.96. The molecule has 6 nitrogen and oxygen atoms in total. The van der Waals surface area contributed by atoms with Crippen molar-refractivity contribution in [3.05, 3.63) is 40.2 Å². The average molecular weight is 282 g/mol. The monoisotopic (exact) mass is 282 g/mol. The quantitative estimate of drug-likeness (QED) is 0.516. The lowest BCUT2D eigenvalue weighted by Gasteiger charge is -2.07. The second-order valence-electron chi connectivity index (χ2n) is 3.34. The van der Waals surface area contributed by atoms with E-state index in [4.69, 9.17) is 0 Å². The fraction of sp³-hybridized carbons (Fsp3) is 0.200. The molecule has 8 heteroatoms. The number of benzene rings is 1. The molecule has 1 N–H and O–H groups in total. The SMILES string of the molecule is CNc1ccc([N+](=O)[O-])cc1CSc1ncns1. The Morgan fingerprint density at radius 2 is 2.39 bits per heavy atom. The molecule has 0 unspecified atom stereocenters. The summed E-state index contributed by atoms with van der Waals surface area (Å²) in [7, 11) is 1.79. The van der Waals surface area contributed by atoms with Crippen molar-refractivity contribution in [2.75, 3.05) is 12.4 Å². The van der Waals surface area contributed by atoms with Crippen LogP contribution in [0.1, 0.15) is 5.56 Å². The normalized spacial score (nSPS) is 10.3. The van der Waals surface area contributed by atoms with Crippen molar-refractivity contribution in [3.8, 4) is 0 Å². The lowest BCUT2D eigenvalue weighted by Crippen LogP contribution is -1.96. The molecule has 0 bridgehead atoms. The first-order chi connectivity index (χ1) is 8.70. The topological polar surface area (TPSA) is 81.0 Å². The molecule has 1 aromatic carbocycles. The second kappa shape index (κ2) is 5.78. The molecule has 0 aliphatic heterocycles. The molecular weight excluding hydrogens is 272 g/mol. The maximum Gasteiger partial charge on any atom is 0.269 e. The summed E-state index contributed by atoms with van der Waals surface area (Å²) >= 11 is 2.83. The molecule has 0 saturated heterocycles. The van der Waals surface area contributed by atoms with Crippen molar-refractivity contribution in [1.82, 2.24) is 9.36 Å². The number of thioether (sulfide) groups is 1. The van der Waals surface area contributed by atoms with Gasteiger partial charge in [0.1, 0.15) is 6.33 Å². The fourth-order valence-corrected chi connectivity index (χ4v) is 2.86. The Morgan fingerprint density at radius 1 is 1.56 bits per heavy atom. The predicted octanol–water partition coefficient (Wildman–Crippen LogP) is 2.78. The molecule has 0 aliphatic carbocycles. The number of nitrogens with zero attached hydrogens (tertiary/aromatic N) is 3. The van der Waals surface area contributed by atoms with Gasteiger partial charge in [0.05, 0.1) is 4.92 Å². The van der Waals surface area contributed by atoms with Gasteiger partial charge in [-0.05, 0) is 23.2 Å². The van der Waals surface area contributed by atoms with Gasteiger partial charge in [0.25, 0.3) is 5.69 Å². The van der Waals surface area contributed by atoms with Crippen molar-refractivity contribution in [3.63, 3.8) is 0 Å². The number of hydrogen-bond donors (Lipinski definition) is 1. The Bertz CT molecular complexity index is 545. The van der Waals surface area contributed by atoms with Gasteiger partial charge in [-0.1, -0.05) is 11.8 Å². The number of rotatable bonds is 5. The third-order valence-electron chi connectivity index (χ3n) is 2.26. The van der Waals surface area contributed by atoms with Crippen LogP contribution in [0.3, 0.4) is 0 Å². The fourth-order valence-electron chi connectivity index (χ4n) is 1.42. The van der Waals surface area contributed by atoms with Gasteiger partial charge in [0.15, 0.2) is 4.34 Å². The van der Waals surface area contributed by atoms with Gasteiger partial charge in [0, 0.05) is 30.6 Å². The van der Waals surface area contributed by atoms with Crippen LogP contribution in [-0.4, -0.2) is 21.3 Å². The highest BCUT2D eigenvalue weighted by Gasteiger charge is 2.11. The molecular formula is C10H10N4O2S2. The van der Waals surface area contributed by atoms with Crippen LogP contribution in [0.5, 0.6) is 0 Å². The Kier molecular flexibility index (Phi) is 4.11. The molecule has 0 fully saturated rings. The van der Waals surface area contributed by atoms with Gasteiger partial charge >= 0.3 is 0 Å². The summed E-state index contributed by atoms with van der Waals surface area (Å²) < 4.78 is 4.76. The van der Waals surface area contributed by atoms with E-state index in [0.717, 1.165) is 15.6 Å². The highest BCUT2D eigenvalue weighted by molar-refractivity contribution is 8.00. The van der Waals surface area contributed by atoms with Crippen LogP contribution in [0, 0.1) is 10.1 Å². The van der Waals surface area contributed by atoms with E-state index in [0.29, 0.717) is 5.75 Å². The minimum atomic E-state index is -0.390. The number of hydrogen-bond acceptors (Lipinski definition) is 7. The zero-order valence-corrected chi connectivity index (χ0v) is 11.1. The molecule has 0 radical (unpaired) electrons. The van der Waals surface area contributed by atoms with Gasteiger partial charge in [-0.15, -0.1) is 0 Å². The Balaban J connectivity index is 2.18. The maximum atomic E-state index is 10.7. The van der Waals surface area contributed by atoms with E-state index in [2.05, 4.69) is 14.7 Å². The van der Waals surface area contributed by atoms with Crippen molar-refractivity contribution >= 4 is 34.7 Å². The summed E-state index contributed by atoms with van der Waals surface area (Å²) in [4.78, 5) is 14.4. The van der Waals surface area contributed by atoms with Crippen molar-refractivity contribution < 1.29 is 4.92 Å². The first-order valence-corrected chi connectivity index (χ1v) is 6.81. The lowest BCUT2D eigenvalue weighted by molar-refractivity contribution is -0.384. The van der Waals surface area contributed by atoms with E-state index in [-0.39, 0.29) is 5.69 Å². The standard InChI is InChI=1S/C10H10N4O2S2/c1-11-9-3-2-8(14(15)16)4-7(9)5-17-10-12-6-13-18-10/h2-4,6,11H,5H2,1H3. The lowest BCUT2D eigenvalue weighted by atomic mass is 10.2. The zero-order valence-electron chi connectivity index (χ0n) is 9.49. The van der Waals surface area contributed by atoms with E-state index in [1.165, 1.54) is 35.7 Å². The van der Waals surface area contributed by atoms with Crippen LogP contribution in [0.25, 0.3) is 0 Å². The first-order valence-electron chi connectivity index (χ1n) is 5.05. The minimum absolute atomic E-state index is 0.0989. The molecule has 0 amide bonds. The van der Waals surface area contributed by atoms with E-state index in [9.17, 15) is 10.1 Å². The Morgan fingerprint density at radius 3 is 3.00 bits per heavy atom. The first kappa shape index (κ1) is 12.8. The molecule has 2 aromatic rings. The van der Waals surface area contributed by atoms with Crippen LogP contribution in [0.4, 0.5) is 11.4 Å². The smallest absolute Gasteiger partial charge is 0.269 e. The highest BCUT2D eigenvalue weighted by Crippen LogP contribution is 2.29. The molecule has 2 rings (SSSR count). The number of nitro benzene ring substituents is 1. The van der Waals surface area contributed by atoms with Crippen LogP contribution < -0.4 is 5.32 Å². The number of nitrogens with one attached hydrogen (secondary N) is 1. The Hall–Kier alpha value is -1.67. The maximum absolute atomic E-state index is 10.7. The van der Waals surface area contributed by atoms with E-state index in [1.54, 1.807) is 19.2 Å². The van der Waals surface area contributed by atoms with Crippen molar-refractivity contribution in [2.24, 2.45) is 0 Å². The summed E-state index contributed by atoms with van der Waals surface area (Å²) in [5, 5.41) is 13.8. The summed E-state index contributed by atoms with van der Waals surface area (Å²) in [6, 6.07) is 4.79. The Labute approximate surface area is 112 Å². The van der Waals surface area contributed by atoms with Gasteiger partial charge in [-0.25, -0.2) is 4.98 Å². The number of nitro groups is 1. The highest BCUT2D eigenvalue weighted by atomic mass is 32.2. The molecule has 0 aliphatic rings. The zero-order chi connectivity index (χ0) is 13.0. The van der Waals surface area contributed by atoms with Crippen molar-refractivity contribution in [2.45, 2.75) is 10.1 Å². The van der Waals surface area contributed by atoms with Crippen LogP contribution in [-0.2, 0) is 5.75 Å². The summed E-state index contributed by atoms with van der Waals surface area (Å²) in [5.74, 6) is 0.618. The molecule has 1 heterocycles. The van der Waals surface area contributed by atoms with Gasteiger partial charge in [-0.3, -0.25) is 10.1 Å². The van der Waals surface area contributed by atoms with E-state index in [1.807, 2.05) is 0 Å². The molecule has 0 saturated carbocycles. The molecule has 94 valence electrons. The van der Waals surface area contributed by atoms with E-state index >= 15 is 0 Å². The molecule has 1 aromatic heterocycles. The van der Waals surface area contributed by atoms with Gasteiger partial charge < -0.3 is 5.32 Å². The average Bonchev–Trinajstić information content (AvgIpc) is 2.89. The largest absolute Gasteiger partial charge is 0.388 e. The molecule has 0 spiro atoms. The number of anilines is 1. The molecule has 0 atom stereocenters. The summed E-state index contributed by atoms with van der Waals surface area (Å²) in [6.45, 7) is 0. The van der Waals surface area contributed by atoms with Gasteiger partial charge in [0.2, 0.25) is 0 Å². The predicted molar refractivity (Wildman–Crippen MR) is 72.1 cm³/mol. The number of non-ortho nitro benzene ring substituents is 1.